The van der Waals surface area contributed by atoms with Gasteiger partial charge in [0.2, 0.25) is 0 Å². The number of aryl methyl sites for hydroxylation is 1. The maximum atomic E-state index is 9.00. The molecule has 3 aromatic carbocycles. The Balaban J connectivity index is 0.000000223. The smallest absolute Gasteiger partial charge is 0.405 e. The number of benzene rings is 3. The minimum atomic E-state index is -0.543. The van der Waals surface area contributed by atoms with E-state index in [1.54, 1.807) is 66.9 Å². The van der Waals surface area contributed by atoms with Crippen LogP contribution in [0.2, 0.25) is 5.15 Å². The Labute approximate surface area is 510 Å². The van der Waals surface area contributed by atoms with Crippen molar-refractivity contribution in [1.82, 2.24) is 19.9 Å². The van der Waals surface area contributed by atoms with E-state index in [-0.39, 0.29) is 33.2 Å². The van der Waals surface area contributed by atoms with Crippen LogP contribution in [0.25, 0.3) is 25.8 Å². The predicted octanol–water partition coefficient (Wildman–Crippen LogP) is 15.1. The number of nitriles is 3. The van der Waals surface area contributed by atoms with Gasteiger partial charge in [-0.05, 0) is 178 Å². The number of aromatic nitrogens is 4. The molecule has 0 N–H and O–H groups in total. The first-order valence-corrected chi connectivity index (χ1v) is 27.9. The summed E-state index contributed by atoms with van der Waals surface area (Å²) in [5, 5.41) is 26.6. The molecule has 9 rings (SSSR count). The fourth-order valence-corrected chi connectivity index (χ4v) is 7.77. The Kier molecular flexibility index (Phi) is 23.3. The van der Waals surface area contributed by atoms with Crippen LogP contribution in [-0.2, 0) is 38.8 Å². The van der Waals surface area contributed by atoms with Gasteiger partial charge in [-0.2, -0.15) is 15.8 Å². The lowest BCUT2D eigenvalue weighted by atomic mass is 9.49. The highest BCUT2D eigenvalue weighted by molar-refractivity contribution is 7.11. The van der Waals surface area contributed by atoms with Crippen molar-refractivity contribution in [3.8, 4) is 29.5 Å². The quantitative estimate of drug-likeness (QED) is 0.0924. The van der Waals surface area contributed by atoms with Crippen molar-refractivity contribution in [2.75, 3.05) is 0 Å². The van der Waals surface area contributed by atoms with Gasteiger partial charge >= 0.3 is 21.1 Å². The van der Waals surface area contributed by atoms with Gasteiger partial charge < -0.3 is 27.9 Å². The van der Waals surface area contributed by atoms with Crippen LogP contribution in [0.5, 0.6) is 0 Å². The zero-order chi connectivity index (χ0) is 64.0. The molecule has 0 unspecified atom stereocenters. The van der Waals surface area contributed by atoms with E-state index in [4.69, 9.17) is 75.0 Å². The third kappa shape index (κ3) is 19.4. The van der Waals surface area contributed by atoms with Gasteiger partial charge in [-0.15, -0.1) is 0 Å². The molecule has 3 aliphatic rings. The van der Waals surface area contributed by atoms with Gasteiger partial charge in [0, 0.05) is 47.0 Å². The summed E-state index contributed by atoms with van der Waals surface area (Å²) in [5.41, 5.74) is 6.52. The molecule has 0 saturated carbocycles. The molecule has 0 amide bonds. The van der Waals surface area contributed by atoms with Crippen LogP contribution >= 0.6 is 11.6 Å². The van der Waals surface area contributed by atoms with Gasteiger partial charge in [0.1, 0.15) is 11.5 Å². The van der Waals surface area contributed by atoms with Gasteiger partial charge in [0.05, 0.1) is 77.2 Å². The monoisotopic (exact) mass is 1160 g/mol. The standard InChI is InChI=1S/C14H15BN2O2.C12H24B2O4.C12H5ClN4.C10H15N.C9H13N.C8H4N2/c1-13(2)14(3,4)19-15(18-13)11-6-10(9-16)7-12(8-11)17-5;1-9(2)10(3,4)16-13(15-9)14-17-11(5,6)12(7,8)18-14;1-15-10-3-8(6-14)2-9(4-10)11-5-12(13)17-7-16-11;1-8-5-6-9(7-11-8)10(2,3)4;1-9(2,3)8-5-4-6-10-7-8;1-10-8-4-2-3-7(5-8)6-9/h6-8H,1-4H3;1-8H3;2-5,7H;5-7H,1-4H3;4-7H,1-3H3;2-5H. The molecule has 3 aliphatic heterocycles. The predicted molar refractivity (Wildman–Crippen MR) is 337 cm³/mol. The largest absolute Gasteiger partial charge is 0.493 e. The number of hydrogen-bond acceptors (Lipinski definition) is 13. The average Bonchev–Trinajstić information content (AvgIpc) is 1.74. The number of halogens is 1. The van der Waals surface area contributed by atoms with Crippen molar-refractivity contribution in [2.45, 2.75) is 176 Å². The molecule has 3 fully saturated rings. The highest BCUT2D eigenvalue weighted by atomic mass is 35.5. The summed E-state index contributed by atoms with van der Waals surface area (Å²) in [6.07, 6.45) is 7.01. The van der Waals surface area contributed by atoms with E-state index in [2.05, 4.69) is 100 Å². The van der Waals surface area contributed by atoms with E-state index >= 15 is 0 Å². The Morgan fingerprint density at radius 2 is 0.953 bits per heavy atom. The Bertz CT molecular complexity index is 3350. The Morgan fingerprint density at radius 3 is 1.36 bits per heavy atom. The Morgan fingerprint density at radius 1 is 0.494 bits per heavy atom. The van der Waals surface area contributed by atoms with E-state index < -0.39 is 32.3 Å². The van der Waals surface area contributed by atoms with Crippen LogP contribution in [0.3, 0.4) is 0 Å². The molecule has 0 radical (unpaired) electrons. The van der Waals surface area contributed by atoms with E-state index in [1.165, 1.54) is 23.5 Å². The molecular formula is C65H76B3ClN10O6. The third-order valence-corrected chi connectivity index (χ3v) is 15.2. The minimum absolute atomic E-state index is 0.223. The summed E-state index contributed by atoms with van der Waals surface area (Å²) >= 11 is 5.77. The van der Waals surface area contributed by atoms with Crippen molar-refractivity contribution in [3.05, 3.63) is 189 Å². The van der Waals surface area contributed by atoms with E-state index in [0.717, 1.165) is 5.69 Å². The van der Waals surface area contributed by atoms with E-state index in [0.29, 0.717) is 55.6 Å². The molecule has 85 heavy (non-hydrogen) atoms. The lowest BCUT2D eigenvalue weighted by Crippen LogP contribution is -2.41. The molecule has 0 spiro atoms. The normalized spacial score (nSPS) is 16.8. The van der Waals surface area contributed by atoms with Gasteiger partial charge in [-0.25, -0.2) is 24.5 Å². The topological polar surface area (TPSA) is 191 Å². The molecule has 0 atom stereocenters. The molecular weight excluding hydrogens is 1080 g/mol. The van der Waals surface area contributed by atoms with Crippen LogP contribution in [0, 0.1) is 60.6 Å². The first kappa shape index (κ1) is 69.7. The second-order valence-corrected chi connectivity index (χ2v) is 25.7. The van der Waals surface area contributed by atoms with Crippen LogP contribution in [0.15, 0.2) is 116 Å². The molecule has 0 bridgehead atoms. The van der Waals surface area contributed by atoms with Crippen LogP contribution < -0.4 is 5.46 Å². The first-order chi connectivity index (χ1) is 39.4. The molecule has 6 aromatic rings. The third-order valence-electron chi connectivity index (χ3n) is 15.0. The number of rotatable bonds is 3. The van der Waals surface area contributed by atoms with Gasteiger partial charge in [0.25, 0.3) is 0 Å². The van der Waals surface area contributed by atoms with Gasteiger partial charge in [-0.1, -0.05) is 83.5 Å². The number of nitrogens with zero attached hydrogens (tertiary/aromatic N) is 10. The highest BCUT2D eigenvalue weighted by Crippen LogP contribution is 2.43. The molecule has 6 heterocycles. The molecule has 438 valence electrons. The van der Waals surface area contributed by atoms with Crippen molar-refractivity contribution >= 4 is 55.3 Å². The first-order valence-electron chi connectivity index (χ1n) is 27.5. The van der Waals surface area contributed by atoms with E-state index in [1.807, 2.05) is 121 Å². The summed E-state index contributed by atoms with van der Waals surface area (Å²) in [5.74, 6) is 0. The summed E-state index contributed by atoms with van der Waals surface area (Å²) in [7, 11) is -1.49. The maximum Gasteiger partial charge on any atom is 0.493 e. The summed E-state index contributed by atoms with van der Waals surface area (Å²) in [4.78, 5) is 26.0. The average molecular weight is 1160 g/mol. The minimum Gasteiger partial charge on any atom is -0.405 e. The van der Waals surface area contributed by atoms with E-state index in [9.17, 15) is 0 Å². The molecule has 0 aliphatic carbocycles. The lowest BCUT2D eigenvalue weighted by molar-refractivity contribution is 0.00578. The number of pyridine rings is 2. The molecule has 3 aromatic heterocycles. The van der Waals surface area contributed by atoms with Crippen LogP contribution in [-0.4, -0.2) is 74.7 Å². The second-order valence-electron chi connectivity index (χ2n) is 25.3. The molecule has 16 nitrogen and oxygen atoms in total. The zero-order valence-electron chi connectivity index (χ0n) is 52.5. The fourth-order valence-electron chi connectivity index (χ4n) is 7.62. The van der Waals surface area contributed by atoms with Crippen molar-refractivity contribution in [1.29, 1.82) is 15.8 Å². The SMILES string of the molecule is CC(C)(C)c1cccnc1.CC1(C)OB(B2OC(C)(C)C(C)(C)O2)OC1(C)C.Cc1ccc(C(C)(C)C)cn1.[C-]#[N+]c1cc(C#N)cc(-c2cc(Cl)ncn2)c1.[C-]#[N+]c1cc(C#N)cc(B2OC(C)(C)C(C)(C)O2)c1.[C-]#[N+]c1cccc(C#N)c1. The maximum absolute atomic E-state index is 9.00. The Hall–Kier alpha value is -7.78. The van der Waals surface area contributed by atoms with Crippen LogP contribution in [0.1, 0.15) is 158 Å². The summed E-state index contributed by atoms with van der Waals surface area (Å²) in [6, 6.07) is 32.3. The number of hydrogen-bond donors (Lipinski definition) is 0. The second kappa shape index (κ2) is 28.4. The fraction of sp³-hybridized carbons (Fsp3) is 0.415. The van der Waals surface area contributed by atoms with Gasteiger partial charge in [0.15, 0.2) is 17.1 Å². The van der Waals surface area contributed by atoms with Crippen LogP contribution in [0.4, 0.5) is 17.1 Å². The van der Waals surface area contributed by atoms with Crippen molar-refractivity contribution in [2.24, 2.45) is 0 Å². The molecule has 20 heteroatoms. The van der Waals surface area contributed by atoms with Crippen molar-refractivity contribution < 1.29 is 27.9 Å². The summed E-state index contributed by atoms with van der Waals surface area (Å²) in [6.45, 7) is 59.9. The molecule has 3 saturated heterocycles. The van der Waals surface area contributed by atoms with Gasteiger partial charge in [-0.3, -0.25) is 9.97 Å². The zero-order valence-corrected chi connectivity index (χ0v) is 53.3. The lowest BCUT2D eigenvalue weighted by Gasteiger charge is -2.32. The van der Waals surface area contributed by atoms with Crippen molar-refractivity contribution in [3.63, 3.8) is 0 Å². The highest BCUT2D eigenvalue weighted by Gasteiger charge is 2.63. The summed E-state index contributed by atoms with van der Waals surface area (Å²) < 4.78 is 35.7.